The summed E-state index contributed by atoms with van der Waals surface area (Å²) in [6, 6.07) is 22.7. The number of amides is 1. The summed E-state index contributed by atoms with van der Waals surface area (Å²) in [5, 5.41) is 5.75. The highest BCUT2D eigenvalue weighted by molar-refractivity contribution is 6.30. The second-order valence-corrected chi connectivity index (χ2v) is 7.42. The maximum atomic E-state index is 13.2. The van der Waals surface area contributed by atoms with E-state index in [0.717, 1.165) is 27.6 Å². The van der Waals surface area contributed by atoms with Gasteiger partial charge in [-0.1, -0.05) is 41.9 Å². The number of halogens is 1. The molecule has 4 aromatic rings. The fraction of sp³-hybridized carbons (Fsp3) is 0.0833. The van der Waals surface area contributed by atoms with Crippen LogP contribution < -0.4 is 11.1 Å². The average Bonchev–Trinajstić information content (AvgIpc) is 2.73. The predicted molar refractivity (Wildman–Crippen MR) is 119 cm³/mol. The molecular formula is C24H20ClN3O. The predicted octanol–water partition coefficient (Wildman–Crippen LogP) is 5.44. The van der Waals surface area contributed by atoms with Crippen LogP contribution in [-0.4, -0.2) is 10.9 Å². The number of pyridine rings is 1. The van der Waals surface area contributed by atoms with Crippen molar-refractivity contribution in [2.24, 2.45) is 0 Å². The Morgan fingerprint density at radius 1 is 1.00 bits per heavy atom. The monoisotopic (exact) mass is 401 g/mol. The van der Waals surface area contributed by atoms with Gasteiger partial charge in [0.2, 0.25) is 5.91 Å². The smallest absolute Gasteiger partial charge is 0.232 e. The first kappa shape index (κ1) is 19.0. The standard InChI is InChI=1S/C24H20ClN3O/c25-20-7-4-17(5-8-20)23(13-16-2-1-3-21(26)12-16)24(29)28-22-9-6-19-15-27-11-10-18(19)14-22/h1-12,14-15,23H,13,26H2,(H,28,29). The molecule has 29 heavy (non-hydrogen) atoms. The van der Waals surface area contributed by atoms with Crippen LogP contribution in [0, 0.1) is 0 Å². The van der Waals surface area contributed by atoms with Gasteiger partial charge in [-0.3, -0.25) is 9.78 Å². The van der Waals surface area contributed by atoms with Crippen molar-refractivity contribution < 1.29 is 4.79 Å². The number of hydrogen-bond donors (Lipinski definition) is 2. The van der Waals surface area contributed by atoms with E-state index in [0.29, 0.717) is 17.1 Å². The second kappa shape index (κ2) is 8.33. The highest BCUT2D eigenvalue weighted by Gasteiger charge is 2.21. The summed E-state index contributed by atoms with van der Waals surface area (Å²) in [6.07, 6.45) is 4.08. The lowest BCUT2D eigenvalue weighted by Crippen LogP contribution is -2.23. The molecule has 0 saturated heterocycles. The molecule has 0 spiro atoms. The van der Waals surface area contributed by atoms with Gasteiger partial charge < -0.3 is 11.1 Å². The molecule has 0 radical (unpaired) electrons. The molecule has 3 aromatic carbocycles. The zero-order valence-corrected chi connectivity index (χ0v) is 16.4. The zero-order chi connectivity index (χ0) is 20.2. The molecule has 1 amide bonds. The van der Waals surface area contributed by atoms with E-state index in [4.69, 9.17) is 17.3 Å². The minimum Gasteiger partial charge on any atom is -0.399 e. The van der Waals surface area contributed by atoms with Crippen molar-refractivity contribution in [3.05, 3.63) is 101 Å². The lowest BCUT2D eigenvalue weighted by atomic mass is 9.91. The van der Waals surface area contributed by atoms with Gasteiger partial charge in [-0.2, -0.15) is 0 Å². The van der Waals surface area contributed by atoms with Crippen LogP contribution in [-0.2, 0) is 11.2 Å². The van der Waals surface area contributed by atoms with Crippen molar-refractivity contribution in [2.75, 3.05) is 11.1 Å². The van der Waals surface area contributed by atoms with E-state index in [1.54, 1.807) is 24.5 Å². The molecule has 144 valence electrons. The van der Waals surface area contributed by atoms with Gasteiger partial charge in [-0.25, -0.2) is 0 Å². The molecule has 4 rings (SSSR count). The van der Waals surface area contributed by atoms with Crippen LogP contribution >= 0.6 is 11.6 Å². The number of anilines is 2. The van der Waals surface area contributed by atoms with Crippen LogP contribution in [0.3, 0.4) is 0 Å². The number of nitrogens with one attached hydrogen (secondary N) is 1. The Morgan fingerprint density at radius 3 is 2.62 bits per heavy atom. The molecule has 0 aliphatic rings. The molecule has 1 heterocycles. The Balaban J connectivity index is 1.63. The first-order valence-corrected chi connectivity index (χ1v) is 9.71. The first-order valence-electron chi connectivity index (χ1n) is 9.33. The molecule has 1 unspecified atom stereocenters. The van der Waals surface area contributed by atoms with Crippen LogP contribution in [0.25, 0.3) is 10.8 Å². The molecule has 1 aromatic heterocycles. The van der Waals surface area contributed by atoms with E-state index in [1.165, 1.54) is 0 Å². The number of rotatable bonds is 5. The fourth-order valence-corrected chi connectivity index (χ4v) is 3.53. The van der Waals surface area contributed by atoms with Gasteiger partial charge in [-0.05, 0) is 65.4 Å². The molecule has 0 fully saturated rings. The van der Waals surface area contributed by atoms with Gasteiger partial charge in [0.1, 0.15) is 0 Å². The minimum absolute atomic E-state index is 0.0804. The Labute approximate surface area is 174 Å². The number of benzene rings is 3. The molecule has 5 heteroatoms. The Morgan fingerprint density at radius 2 is 1.83 bits per heavy atom. The number of fused-ring (bicyclic) bond motifs is 1. The maximum absolute atomic E-state index is 13.2. The third kappa shape index (κ3) is 4.55. The summed E-state index contributed by atoms with van der Waals surface area (Å²) in [7, 11) is 0. The molecule has 0 aliphatic carbocycles. The van der Waals surface area contributed by atoms with E-state index < -0.39 is 0 Å². The normalized spacial score (nSPS) is 11.9. The largest absolute Gasteiger partial charge is 0.399 e. The first-order chi connectivity index (χ1) is 14.1. The Bertz CT molecular complexity index is 1160. The number of nitrogen functional groups attached to an aromatic ring is 1. The van der Waals surface area contributed by atoms with Gasteiger partial charge >= 0.3 is 0 Å². The number of nitrogens with two attached hydrogens (primary N) is 1. The van der Waals surface area contributed by atoms with Crippen LogP contribution in [0.1, 0.15) is 17.0 Å². The number of aromatic nitrogens is 1. The molecule has 0 bridgehead atoms. The van der Waals surface area contributed by atoms with E-state index in [1.807, 2.05) is 60.7 Å². The Kier molecular flexibility index (Phi) is 5.45. The van der Waals surface area contributed by atoms with E-state index >= 15 is 0 Å². The Hall–Kier alpha value is -3.37. The van der Waals surface area contributed by atoms with Crippen molar-refractivity contribution in [3.8, 4) is 0 Å². The minimum atomic E-state index is -0.373. The SMILES string of the molecule is Nc1cccc(CC(C(=O)Nc2ccc3cnccc3c2)c2ccc(Cl)cc2)c1. The van der Waals surface area contributed by atoms with Gasteiger partial charge in [-0.15, -0.1) is 0 Å². The number of hydrogen-bond acceptors (Lipinski definition) is 3. The molecule has 0 aliphatic heterocycles. The number of nitrogens with zero attached hydrogens (tertiary/aromatic N) is 1. The van der Waals surface area contributed by atoms with Gasteiger partial charge in [0.05, 0.1) is 5.92 Å². The topological polar surface area (TPSA) is 68.0 Å². The third-order valence-electron chi connectivity index (χ3n) is 4.89. The van der Waals surface area contributed by atoms with E-state index in [-0.39, 0.29) is 11.8 Å². The highest BCUT2D eigenvalue weighted by Crippen LogP contribution is 2.26. The molecule has 4 nitrogen and oxygen atoms in total. The quantitative estimate of drug-likeness (QED) is 0.438. The average molecular weight is 402 g/mol. The summed E-state index contributed by atoms with van der Waals surface area (Å²) in [6.45, 7) is 0. The summed E-state index contributed by atoms with van der Waals surface area (Å²) in [4.78, 5) is 17.4. The zero-order valence-electron chi connectivity index (χ0n) is 15.7. The van der Waals surface area contributed by atoms with Crippen LogP contribution in [0.2, 0.25) is 5.02 Å². The number of carbonyl (C=O) groups excluding carboxylic acids is 1. The molecule has 0 saturated carbocycles. The molecule has 1 atom stereocenters. The summed E-state index contributed by atoms with van der Waals surface area (Å²) >= 11 is 6.04. The molecule has 3 N–H and O–H groups in total. The van der Waals surface area contributed by atoms with Crippen molar-refractivity contribution in [3.63, 3.8) is 0 Å². The van der Waals surface area contributed by atoms with Gasteiger partial charge in [0, 0.05) is 34.2 Å². The van der Waals surface area contributed by atoms with E-state index in [2.05, 4.69) is 10.3 Å². The van der Waals surface area contributed by atoms with E-state index in [9.17, 15) is 4.79 Å². The van der Waals surface area contributed by atoms with Crippen LogP contribution in [0.5, 0.6) is 0 Å². The third-order valence-corrected chi connectivity index (χ3v) is 5.14. The van der Waals surface area contributed by atoms with Crippen molar-refractivity contribution in [1.29, 1.82) is 0 Å². The van der Waals surface area contributed by atoms with Crippen molar-refractivity contribution in [1.82, 2.24) is 4.98 Å². The maximum Gasteiger partial charge on any atom is 0.232 e. The lowest BCUT2D eigenvalue weighted by molar-refractivity contribution is -0.117. The lowest BCUT2D eigenvalue weighted by Gasteiger charge is -2.18. The van der Waals surface area contributed by atoms with Gasteiger partial charge in [0.25, 0.3) is 0 Å². The second-order valence-electron chi connectivity index (χ2n) is 6.98. The highest BCUT2D eigenvalue weighted by atomic mass is 35.5. The van der Waals surface area contributed by atoms with Gasteiger partial charge in [0.15, 0.2) is 0 Å². The van der Waals surface area contributed by atoms with Crippen LogP contribution in [0.4, 0.5) is 11.4 Å². The summed E-state index contributed by atoms with van der Waals surface area (Å²) in [5.74, 6) is -0.453. The van der Waals surface area contributed by atoms with Crippen molar-refractivity contribution in [2.45, 2.75) is 12.3 Å². The summed E-state index contributed by atoms with van der Waals surface area (Å²) < 4.78 is 0. The fourth-order valence-electron chi connectivity index (χ4n) is 3.40. The van der Waals surface area contributed by atoms with Crippen molar-refractivity contribution >= 4 is 39.7 Å². The van der Waals surface area contributed by atoms with Crippen LogP contribution in [0.15, 0.2) is 85.2 Å². The number of carbonyl (C=O) groups is 1. The summed E-state index contributed by atoms with van der Waals surface area (Å²) in [5.41, 5.74) is 9.26. The molecular weight excluding hydrogens is 382 g/mol.